The first-order chi connectivity index (χ1) is 11.3. The number of nitrogens with one attached hydrogen (secondary N) is 1. The van der Waals surface area contributed by atoms with E-state index in [0.29, 0.717) is 12.1 Å². The number of fused-ring (bicyclic) bond motifs is 1. The number of sulfonamides is 1. The average Bonchev–Trinajstić information content (AvgIpc) is 2.47. The van der Waals surface area contributed by atoms with Crippen LogP contribution in [-0.4, -0.2) is 38.7 Å². The summed E-state index contributed by atoms with van der Waals surface area (Å²) in [5, 5.41) is 0.955. The van der Waals surface area contributed by atoms with Crippen LogP contribution in [0.25, 0.3) is 11.0 Å². The number of aryl methyl sites for hydroxylation is 1. The van der Waals surface area contributed by atoms with Crippen molar-refractivity contribution in [3.63, 3.8) is 0 Å². The Balaban J connectivity index is 1.74. The zero-order valence-electron chi connectivity index (χ0n) is 13.9. The lowest BCUT2D eigenvalue weighted by atomic mass is 10.0. The molecule has 1 fully saturated rings. The second-order valence-electron chi connectivity index (χ2n) is 6.53. The zero-order chi connectivity index (χ0) is 17.3. The van der Waals surface area contributed by atoms with Gasteiger partial charge in [-0.05, 0) is 37.0 Å². The molecule has 3 rings (SSSR count). The summed E-state index contributed by atoms with van der Waals surface area (Å²) in [6.07, 6.45) is 2.73. The molecule has 130 valence electrons. The van der Waals surface area contributed by atoms with Crippen LogP contribution in [0.4, 0.5) is 0 Å². The van der Waals surface area contributed by atoms with Gasteiger partial charge in [0, 0.05) is 37.1 Å². The van der Waals surface area contributed by atoms with Crippen molar-refractivity contribution in [1.82, 2.24) is 9.62 Å². The highest BCUT2D eigenvalue weighted by Crippen LogP contribution is 2.21. The average molecular weight is 350 g/mol. The molecule has 6 nitrogen and oxygen atoms in total. The number of benzene rings is 1. The Labute approximate surface area is 141 Å². The Morgan fingerprint density at radius 1 is 1.25 bits per heavy atom. The van der Waals surface area contributed by atoms with Gasteiger partial charge in [-0.1, -0.05) is 12.1 Å². The van der Waals surface area contributed by atoms with Gasteiger partial charge in [0.15, 0.2) is 0 Å². The van der Waals surface area contributed by atoms with Crippen LogP contribution in [0.1, 0.15) is 24.0 Å². The van der Waals surface area contributed by atoms with E-state index in [-0.39, 0.29) is 11.7 Å². The number of hydrogen-bond donors (Lipinski definition) is 1. The highest BCUT2D eigenvalue weighted by molar-refractivity contribution is 7.88. The van der Waals surface area contributed by atoms with Crippen molar-refractivity contribution < 1.29 is 12.8 Å². The number of rotatable bonds is 4. The van der Waals surface area contributed by atoms with E-state index in [9.17, 15) is 13.2 Å². The van der Waals surface area contributed by atoms with Gasteiger partial charge in [0.2, 0.25) is 10.0 Å². The summed E-state index contributed by atoms with van der Waals surface area (Å²) < 4.78 is 30.6. The molecule has 0 atom stereocenters. The van der Waals surface area contributed by atoms with Gasteiger partial charge in [0.05, 0.1) is 6.26 Å². The van der Waals surface area contributed by atoms with Crippen molar-refractivity contribution in [2.45, 2.75) is 32.4 Å². The van der Waals surface area contributed by atoms with E-state index in [1.54, 1.807) is 6.07 Å². The zero-order valence-corrected chi connectivity index (χ0v) is 14.7. The monoisotopic (exact) mass is 350 g/mol. The summed E-state index contributed by atoms with van der Waals surface area (Å²) in [5.74, 6) is 0. The fourth-order valence-corrected chi connectivity index (χ4v) is 4.06. The second kappa shape index (κ2) is 6.66. The standard InChI is InChI=1S/C17H22N2O4S/c1-12-3-4-15-13(10-17(20)23-16(15)9-12)11-19-7-5-14(6-8-19)18-24(2,21)22/h3-4,9-10,14,18H,5-8,11H2,1-2H3. The van der Waals surface area contributed by atoms with E-state index >= 15 is 0 Å². The Bertz CT molecular complexity index is 896. The first-order valence-corrected chi connectivity index (χ1v) is 9.92. The van der Waals surface area contributed by atoms with E-state index in [2.05, 4.69) is 9.62 Å². The molecule has 24 heavy (non-hydrogen) atoms. The molecule has 2 aromatic rings. The van der Waals surface area contributed by atoms with Crippen LogP contribution in [0.15, 0.2) is 33.5 Å². The molecule has 0 aliphatic carbocycles. The van der Waals surface area contributed by atoms with Crippen molar-refractivity contribution >= 4 is 21.0 Å². The summed E-state index contributed by atoms with van der Waals surface area (Å²) in [7, 11) is -3.16. The number of piperidine rings is 1. The minimum Gasteiger partial charge on any atom is -0.423 e. The molecule has 1 aliphatic heterocycles. The van der Waals surface area contributed by atoms with Gasteiger partial charge in [0.25, 0.3) is 0 Å². The fraction of sp³-hybridized carbons (Fsp3) is 0.471. The maximum absolute atomic E-state index is 11.8. The van der Waals surface area contributed by atoms with Crippen molar-refractivity contribution in [2.24, 2.45) is 0 Å². The van der Waals surface area contributed by atoms with Crippen LogP contribution in [0, 0.1) is 6.92 Å². The predicted octanol–water partition coefficient (Wildman–Crippen LogP) is 1.62. The van der Waals surface area contributed by atoms with E-state index in [1.165, 1.54) is 6.26 Å². The molecule has 0 saturated carbocycles. The third-order valence-electron chi connectivity index (χ3n) is 4.35. The van der Waals surface area contributed by atoms with E-state index < -0.39 is 10.0 Å². The number of likely N-dealkylation sites (tertiary alicyclic amines) is 1. The van der Waals surface area contributed by atoms with Crippen molar-refractivity contribution in [3.05, 3.63) is 45.8 Å². The van der Waals surface area contributed by atoms with Crippen molar-refractivity contribution in [2.75, 3.05) is 19.3 Å². The third-order valence-corrected chi connectivity index (χ3v) is 5.11. The number of nitrogens with zero attached hydrogens (tertiary/aromatic N) is 1. The normalized spacial score (nSPS) is 17.4. The van der Waals surface area contributed by atoms with Gasteiger partial charge in [-0.15, -0.1) is 0 Å². The molecule has 2 heterocycles. The Hall–Kier alpha value is -1.70. The molecule has 7 heteroatoms. The largest absolute Gasteiger partial charge is 0.423 e. The van der Waals surface area contributed by atoms with E-state index in [4.69, 9.17) is 4.42 Å². The SMILES string of the molecule is Cc1ccc2c(CN3CCC(NS(C)(=O)=O)CC3)cc(=O)oc2c1. The first kappa shape index (κ1) is 17.1. The van der Waals surface area contributed by atoms with E-state index in [0.717, 1.165) is 42.4 Å². The van der Waals surface area contributed by atoms with Crippen molar-refractivity contribution in [1.29, 1.82) is 0 Å². The van der Waals surface area contributed by atoms with Gasteiger partial charge >= 0.3 is 5.63 Å². The van der Waals surface area contributed by atoms with Gasteiger partial charge in [-0.3, -0.25) is 4.90 Å². The Morgan fingerprint density at radius 3 is 2.62 bits per heavy atom. The molecular formula is C17H22N2O4S. The van der Waals surface area contributed by atoms with Gasteiger partial charge in [-0.25, -0.2) is 17.9 Å². The minimum atomic E-state index is -3.16. The minimum absolute atomic E-state index is 0.00325. The molecule has 1 N–H and O–H groups in total. The summed E-state index contributed by atoms with van der Waals surface area (Å²) in [6, 6.07) is 7.42. The first-order valence-electron chi connectivity index (χ1n) is 8.03. The predicted molar refractivity (Wildman–Crippen MR) is 93.5 cm³/mol. The summed E-state index contributed by atoms with van der Waals surface area (Å²) in [6.45, 7) is 4.21. The lowest BCUT2D eigenvalue weighted by molar-refractivity contribution is 0.200. The van der Waals surface area contributed by atoms with Crippen LogP contribution in [0.2, 0.25) is 0 Å². The molecule has 0 unspecified atom stereocenters. The second-order valence-corrected chi connectivity index (χ2v) is 8.31. The van der Waals surface area contributed by atoms with Crippen molar-refractivity contribution in [3.8, 4) is 0 Å². The van der Waals surface area contributed by atoms with Crippen LogP contribution < -0.4 is 10.3 Å². The van der Waals surface area contributed by atoms with E-state index in [1.807, 2.05) is 25.1 Å². The molecular weight excluding hydrogens is 328 g/mol. The quantitative estimate of drug-likeness (QED) is 0.848. The third kappa shape index (κ3) is 4.23. The summed E-state index contributed by atoms with van der Waals surface area (Å²) in [5.41, 5.74) is 2.29. The smallest absolute Gasteiger partial charge is 0.336 e. The molecule has 0 amide bonds. The van der Waals surface area contributed by atoms with Crippen LogP contribution >= 0.6 is 0 Å². The summed E-state index contributed by atoms with van der Waals surface area (Å²) >= 11 is 0. The maximum Gasteiger partial charge on any atom is 0.336 e. The topological polar surface area (TPSA) is 79.6 Å². The lowest BCUT2D eigenvalue weighted by Gasteiger charge is -2.32. The summed E-state index contributed by atoms with van der Waals surface area (Å²) in [4.78, 5) is 14.0. The highest BCUT2D eigenvalue weighted by atomic mass is 32.2. The Kier molecular flexibility index (Phi) is 4.76. The molecule has 1 aromatic heterocycles. The van der Waals surface area contributed by atoms with Gasteiger partial charge in [-0.2, -0.15) is 0 Å². The molecule has 0 spiro atoms. The highest BCUT2D eigenvalue weighted by Gasteiger charge is 2.22. The van der Waals surface area contributed by atoms with Gasteiger partial charge in [0.1, 0.15) is 5.58 Å². The molecule has 1 aromatic carbocycles. The number of hydrogen-bond acceptors (Lipinski definition) is 5. The van der Waals surface area contributed by atoms with Crippen LogP contribution in [0.5, 0.6) is 0 Å². The molecule has 1 aliphatic rings. The molecule has 0 radical (unpaired) electrons. The molecule has 1 saturated heterocycles. The fourth-order valence-electron chi connectivity index (χ4n) is 3.22. The Morgan fingerprint density at radius 2 is 1.96 bits per heavy atom. The van der Waals surface area contributed by atoms with Crippen LogP contribution in [-0.2, 0) is 16.6 Å². The maximum atomic E-state index is 11.8. The van der Waals surface area contributed by atoms with Crippen LogP contribution in [0.3, 0.4) is 0 Å². The lowest BCUT2D eigenvalue weighted by Crippen LogP contribution is -2.44. The molecule has 0 bridgehead atoms. The van der Waals surface area contributed by atoms with Gasteiger partial charge < -0.3 is 4.42 Å².